The van der Waals surface area contributed by atoms with Gasteiger partial charge in [-0.1, -0.05) is 29.3 Å². The largest absolute Gasteiger partial charge is 0.417 e. The number of aryl methyl sites for hydroxylation is 1. The van der Waals surface area contributed by atoms with Gasteiger partial charge in [-0.15, -0.1) is 0 Å². The number of alkyl halides is 3. The Morgan fingerprint density at radius 1 is 0.951 bits per heavy atom. The van der Waals surface area contributed by atoms with Gasteiger partial charge >= 0.3 is 6.18 Å². The highest BCUT2D eigenvalue weighted by Gasteiger charge is 2.35. The summed E-state index contributed by atoms with van der Waals surface area (Å²) in [6, 6.07) is 13.4. The summed E-state index contributed by atoms with van der Waals surface area (Å²) in [6.45, 7) is 1.79. The van der Waals surface area contributed by atoms with Crippen LogP contribution in [-0.2, 0) is 35.8 Å². The molecule has 0 atom stereocenters. The lowest BCUT2D eigenvalue weighted by Crippen LogP contribution is -2.40. The number of hydrogen-bond acceptors (Lipinski definition) is 6. The van der Waals surface area contributed by atoms with Crippen LogP contribution in [-0.4, -0.2) is 59.9 Å². The van der Waals surface area contributed by atoms with Crippen LogP contribution in [0.3, 0.4) is 0 Å². The molecule has 1 heterocycles. The zero-order valence-electron chi connectivity index (χ0n) is 21.6. The quantitative estimate of drug-likeness (QED) is 0.391. The summed E-state index contributed by atoms with van der Waals surface area (Å²) < 4.78 is 100. The summed E-state index contributed by atoms with van der Waals surface area (Å²) in [5, 5.41) is 1.83. The molecule has 0 unspecified atom stereocenters. The normalized spacial score (nSPS) is 15.0. The van der Waals surface area contributed by atoms with Crippen LogP contribution in [0.5, 0.6) is 0 Å². The van der Waals surface area contributed by atoms with E-state index < -0.39 is 54.9 Å². The second-order valence-corrected chi connectivity index (χ2v) is 13.3. The zero-order valence-corrected chi connectivity index (χ0v) is 23.9. The van der Waals surface area contributed by atoms with Crippen molar-refractivity contribution in [2.45, 2.75) is 22.9 Å². The third-order valence-electron chi connectivity index (χ3n) is 6.19. The van der Waals surface area contributed by atoms with Gasteiger partial charge in [-0.2, -0.15) is 17.5 Å². The number of rotatable bonds is 8. The van der Waals surface area contributed by atoms with Gasteiger partial charge in [0.25, 0.3) is 10.0 Å². The van der Waals surface area contributed by atoms with Gasteiger partial charge in [0.05, 0.1) is 39.3 Å². The van der Waals surface area contributed by atoms with Crippen molar-refractivity contribution in [2.24, 2.45) is 0 Å². The van der Waals surface area contributed by atoms with Gasteiger partial charge < -0.3 is 10.1 Å². The maximum absolute atomic E-state index is 13.6. The van der Waals surface area contributed by atoms with Gasteiger partial charge in [0.1, 0.15) is 6.54 Å². The Morgan fingerprint density at radius 2 is 1.54 bits per heavy atom. The topological polar surface area (TPSA) is 113 Å². The van der Waals surface area contributed by atoms with E-state index in [9.17, 15) is 34.8 Å². The average molecular weight is 632 g/mol. The van der Waals surface area contributed by atoms with E-state index in [1.165, 1.54) is 52.8 Å². The Balaban J connectivity index is 1.61. The van der Waals surface area contributed by atoms with Crippen LogP contribution in [0.25, 0.3) is 0 Å². The van der Waals surface area contributed by atoms with Gasteiger partial charge in [-0.05, 0) is 61.5 Å². The molecule has 3 aromatic carbocycles. The van der Waals surface area contributed by atoms with E-state index in [1.54, 1.807) is 6.92 Å². The Kier molecular flexibility index (Phi) is 8.99. The van der Waals surface area contributed by atoms with E-state index in [2.05, 4.69) is 5.32 Å². The number of carbonyl (C=O) groups excluding carboxylic acids is 1. The number of nitrogens with one attached hydrogen (secondary N) is 1. The molecule has 1 amide bonds. The van der Waals surface area contributed by atoms with Gasteiger partial charge in [0, 0.05) is 18.8 Å². The smallest absolute Gasteiger partial charge is 0.379 e. The van der Waals surface area contributed by atoms with Crippen molar-refractivity contribution in [3.8, 4) is 0 Å². The van der Waals surface area contributed by atoms with E-state index in [0.29, 0.717) is 10.4 Å². The number of morpholine rings is 1. The van der Waals surface area contributed by atoms with Crippen LogP contribution >= 0.6 is 11.6 Å². The molecule has 0 spiro atoms. The SMILES string of the molecule is Cc1ccc(S(=O)(=O)N(CC(=O)Nc2ccc(S(=O)(=O)N3CCOCC3)cc2)c2ccc(Cl)c(C(F)(F)F)c2)cc1. The molecule has 41 heavy (non-hydrogen) atoms. The van der Waals surface area contributed by atoms with Crippen molar-refractivity contribution < 1.29 is 39.5 Å². The predicted molar refractivity (Wildman–Crippen MR) is 147 cm³/mol. The lowest BCUT2D eigenvalue weighted by atomic mass is 10.2. The Hall–Kier alpha value is -3.17. The maximum Gasteiger partial charge on any atom is 0.417 e. The van der Waals surface area contributed by atoms with E-state index in [1.807, 2.05) is 0 Å². The summed E-state index contributed by atoms with van der Waals surface area (Å²) in [5.41, 5.74) is -0.795. The molecule has 1 saturated heterocycles. The fraction of sp³-hybridized carbons (Fsp3) is 0.269. The number of sulfonamides is 2. The Morgan fingerprint density at radius 3 is 2.12 bits per heavy atom. The van der Waals surface area contributed by atoms with Crippen LogP contribution in [0.2, 0.25) is 5.02 Å². The number of carbonyl (C=O) groups is 1. The van der Waals surface area contributed by atoms with Crippen molar-refractivity contribution >= 4 is 48.9 Å². The van der Waals surface area contributed by atoms with Crippen molar-refractivity contribution in [3.05, 3.63) is 82.9 Å². The van der Waals surface area contributed by atoms with E-state index >= 15 is 0 Å². The third kappa shape index (κ3) is 7.01. The molecule has 1 aliphatic heterocycles. The number of amides is 1. The van der Waals surface area contributed by atoms with E-state index in [4.69, 9.17) is 16.3 Å². The molecule has 1 N–H and O–H groups in total. The van der Waals surface area contributed by atoms with Crippen LogP contribution in [0.1, 0.15) is 11.1 Å². The number of nitrogens with zero attached hydrogens (tertiary/aromatic N) is 2. The minimum absolute atomic E-state index is 0.0122. The van der Waals surface area contributed by atoms with Crippen LogP contribution < -0.4 is 9.62 Å². The molecule has 0 aliphatic carbocycles. The summed E-state index contributed by atoms with van der Waals surface area (Å²) in [6.07, 6.45) is -4.88. The highest BCUT2D eigenvalue weighted by atomic mass is 35.5. The van der Waals surface area contributed by atoms with Crippen molar-refractivity contribution in [3.63, 3.8) is 0 Å². The highest BCUT2D eigenvalue weighted by Crippen LogP contribution is 2.38. The average Bonchev–Trinajstić information content (AvgIpc) is 2.92. The fourth-order valence-corrected chi connectivity index (χ4v) is 7.06. The zero-order chi connectivity index (χ0) is 30.0. The second-order valence-electron chi connectivity index (χ2n) is 9.08. The maximum atomic E-state index is 13.6. The molecule has 1 fully saturated rings. The van der Waals surface area contributed by atoms with Crippen LogP contribution in [0.4, 0.5) is 24.5 Å². The van der Waals surface area contributed by atoms with Crippen molar-refractivity contribution in [2.75, 3.05) is 42.5 Å². The molecule has 0 bridgehead atoms. The van der Waals surface area contributed by atoms with Crippen molar-refractivity contribution in [1.82, 2.24) is 4.31 Å². The molecule has 9 nitrogen and oxygen atoms in total. The standard InChI is InChI=1S/C26H25ClF3N3O6S2/c1-18-2-7-22(8-3-18)41(37,38)33(20-6-11-24(27)23(16-20)26(28,29)30)17-25(34)31-19-4-9-21(10-5-19)40(35,36)32-12-14-39-15-13-32/h2-11,16H,12-15,17H2,1H3,(H,31,34). The highest BCUT2D eigenvalue weighted by molar-refractivity contribution is 7.92. The number of ether oxygens (including phenoxy) is 1. The van der Waals surface area contributed by atoms with Crippen molar-refractivity contribution in [1.29, 1.82) is 0 Å². The molecular formula is C26H25ClF3N3O6S2. The third-order valence-corrected chi connectivity index (χ3v) is 10.2. The van der Waals surface area contributed by atoms with Crippen LogP contribution in [0, 0.1) is 6.92 Å². The van der Waals surface area contributed by atoms with Gasteiger partial charge in [-0.25, -0.2) is 16.8 Å². The fourth-order valence-electron chi connectivity index (χ4n) is 4.02. The Labute approximate surface area is 240 Å². The molecule has 1 aliphatic rings. The number of halogens is 4. The van der Waals surface area contributed by atoms with Gasteiger partial charge in [0.2, 0.25) is 15.9 Å². The minimum Gasteiger partial charge on any atom is -0.379 e. The first-order valence-corrected chi connectivity index (χ1v) is 15.4. The molecule has 0 radical (unpaired) electrons. The summed E-state index contributed by atoms with van der Waals surface area (Å²) in [7, 11) is -8.29. The predicted octanol–water partition coefficient (Wildman–Crippen LogP) is 4.52. The van der Waals surface area contributed by atoms with E-state index in [-0.39, 0.29) is 41.8 Å². The first-order valence-electron chi connectivity index (χ1n) is 12.1. The minimum atomic E-state index is -4.88. The first kappa shape index (κ1) is 30.8. The molecule has 220 valence electrons. The molecule has 0 saturated carbocycles. The molecule has 15 heteroatoms. The number of anilines is 2. The van der Waals surface area contributed by atoms with Crippen LogP contribution in [0.15, 0.2) is 76.5 Å². The van der Waals surface area contributed by atoms with Gasteiger partial charge in [-0.3, -0.25) is 9.10 Å². The summed E-state index contributed by atoms with van der Waals surface area (Å²) in [4.78, 5) is 12.7. The Bertz CT molecular complexity index is 1630. The first-order chi connectivity index (χ1) is 19.2. The lowest BCUT2D eigenvalue weighted by Gasteiger charge is -2.26. The molecular weight excluding hydrogens is 607 g/mol. The summed E-state index contributed by atoms with van der Waals surface area (Å²) >= 11 is 5.72. The molecule has 3 aromatic rings. The molecule has 4 rings (SSSR count). The molecule has 0 aromatic heterocycles. The van der Waals surface area contributed by atoms with E-state index in [0.717, 1.165) is 17.7 Å². The van der Waals surface area contributed by atoms with Gasteiger partial charge in [0.15, 0.2) is 0 Å². The second kappa shape index (κ2) is 12.0. The number of benzene rings is 3. The lowest BCUT2D eigenvalue weighted by molar-refractivity contribution is -0.137. The number of hydrogen-bond donors (Lipinski definition) is 1. The monoisotopic (exact) mass is 631 g/mol. The summed E-state index contributed by atoms with van der Waals surface area (Å²) in [5.74, 6) is -0.881.